The Morgan fingerprint density at radius 3 is 2.50 bits per heavy atom. The van der Waals surface area contributed by atoms with Crippen LogP contribution in [0.15, 0.2) is 35.8 Å². The van der Waals surface area contributed by atoms with Crippen molar-refractivity contribution in [2.75, 3.05) is 5.32 Å². The van der Waals surface area contributed by atoms with E-state index in [1.807, 2.05) is 11.4 Å². The quantitative estimate of drug-likeness (QED) is 0.769. The Bertz CT molecular complexity index is 775. The van der Waals surface area contributed by atoms with E-state index >= 15 is 0 Å². The zero-order valence-corrected chi connectivity index (χ0v) is 13.7. The monoisotopic (exact) mass is 310 g/mol. The molecule has 0 unspecified atom stereocenters. The Hall–Kier alpha value is -2.27. The standard InChI is InChI=1S/C17H18N4S/c1-4-16-20-15(10-22-16)14-5-6-18-17(21-14)19-13-8-11(2)7-12(3)9-13/h5-10H,4H2,1-3H3,(H,18,19,21). The van der Waals surface area contributed by atoms with E-state index in [-0.39, 0.29) is 0 Å². The van der Waals surface area contributed by atoms with Crippen LogP contribution in [0.3, 0.4) is 0 Å². The van der Waals surface area contributed by atoms with Crippen LogP contribution in [0.5, 0.6) is 0 Å². The van der Waals surface area contributed by atoms with Gasteiger partial charge in [-0.25, -0.2) is 15.0 Å². The number of benzene rings is 1. The second-order valence-electron chi connectivity index (χ2n) is 5.25. The van der Waals surface area contributed by atoms with Crippen molar-refractivity contribution in [3.63, 3.8) is 0 Å². The van der Waals surface area contributed by atoms with Gasteiger partial charge in [0.2, 0.25) is 5.95 Å². The van der Waals surface area contributed by atoms with Crippen molar-refractivity contribution >= 4 is 23.0 Å². The molecule has 22 heavy (non-hydrogen) atoms. The van der Waals surface area contributed by atoms with Gasteiger partial charge in [0.25, 0.3) is 0 Å². The molecule has 0 aliphatic heterocycles. The highest BCUT2D eigenvalue weighted by Gasteiger charge is 2.07. The van der Waals surface area contributed by atoms with Crippen molar-refractivity contribution in [3.05, 3.63) is 52.0 Å². The van der Waals surface area contributed by atoms with Crippen molar-refractivity contribution in [2.45, 2.75) is 27.2 Å². The zero-order valence-electron chi connectivity index (χ0n) is 12.9. The summed E-state index contributed by atoms with van der Waals surface area (Å²) in [6.07, 6.45) is 2.71. The largest absolute Gasteiger partial charge is 0.324 e. The Kier molecular flexibility index (Phi) is 4.15. The molecule has 1 aromatic carbocycles. The molecule has 0 radical (unpaired) electrons. The van der Waals surface area contributed by atoms with E-state index in [0.29, 0.717) is 5.95 Å². The summed E-state index contributed by atoms with van der Waals surface area (Å²) in [5.74, 6) is 0.591. The number of aryl methyl sites for hydroxylation is 3. The molecule has 3 rings (SSSR count). The van der Waals surface area contributed by atoms with Gasteiger partial charge in [-0.2, -0.15) is 0 Å². The van der Waals surface area contributed by atoms with E-state index in [2.05, 4.69) is 59.2 Å². The number of hydrogen-bond donors (Lipinski definition) is 1. The third-order valence-electron chi connectivity index (χ3n) is 3.25. The molecule has 3 aromatic rings. The summed E-state index contributed by atoms with van der Waals surface area (Å²) < 4.78 is 0. The summed E-state index contributed by atoms with van der Waals surface area (Å²) in [6.45, 7) is 6.27. The summed E-state index contributed by atoms with van der Waals surface area (Å²) in [5, 5.41) is 6.44. The number of rotatable bonds is 4. The van der Waals surface area contributed by atoms with E-state index in [0.717, 1.165) is 28.5 Å². The summed E-state index contributed by atoms with van der Waals surface area (Å²) in [4.78, 5) is 13.4. The van der Waals surface area contributed by atoms with Crippen LogP contribution in [0.25, 0.3) is 11.4 Å². The van der Waals surface area contributed by atoms with Gasteiger partial charge in [-0.05, 0) is 49.6 Å². The minimum Gasteiger partial charge on any atom is -0.324 e. The Balaban J connectivity index is 1.87. The molecule has 0 atom stereocenters. The molecule has 0 saturated carbocycles. The molecule has 0 spiro atoms. The van der Waals surface area contributed by atoms with Gasteiger partial charge < -0.3 is 5.32 Å². The van der Waals surface area contributed by atoms with E-state index in [9.17, 15) is 0 Å². The molecule has 0 saturated heterocycles. The SMILES string of the molecule is CCc1nc(-c2ccnc(Nc3cc(C)cc(C)c3)n2)cs1. The Morgan fingerprint density at radius 2 is 1.82 bits per heavy atom. The fraction of sp³-hybridized carbons (Fsp3) is 0.235. The number of hydrogen-bond acceptors (Lipinski definition) is 5. The van der Waals surface area contributed by atoms with E-state index < -0.39 is 0 Å². The molecule has 0 amide bonds. The minimum atomic E-state index is 0.591. The van der Waals surface area contributed by atoms with Crippen LogP contribution in [-0.4, -0.2) is 15.0 Å². The molecule has 0 bridgehead atoms. The fourth-order valence-electron chi connectivity index (χ4n) is 2.33. The smallest absolute Gasteiger partial charge is 0.227 e. The van der Waals surface area contributed by atoms with Crippen LogP contribution >= 0.6 is 11.3 Å². The molecular formula is C17H18N4S. The fourth-order valence-corrected chi connectivity index (χ4v) is 3.07. The van der Waals surface area contributed by atoms with E-state index in [1.54, 1.807) is 17.5 Å². The van der Waals surface area contributed by atoms with E-state index in [4.69, 9.17) is 0 Å². The first-order valence-electron chi connectivity index (χ1n) is 7.27. The first-order chi connectivity index (χ1) is 10.6. The molecule has 0 aliphatic carbocycles. The minimum absolute atomic E-state index is 0.591. The summed E-state index contributed by atoms with van der Waals surface area (Å²) in [7, 11) is 0. The predicted molar refractivity (Wildman–Crippen MR) is 91.7 cm³/mol. The van der Waals surface area contributed by atoms with Gasteiger partial charge >= 0.3 is 0 Å². The van der Waals surface area contributed by atoms with Crippen molar-refractivity contribution in [1.29, 1.82) is 0 Å². The van der Waals surface area contributed by atoms with Gasteiger partial charge in [0.15, 0.2) is 0 Å². The maximum atomic E-state index is 4.58. The lowest BCUT2D eigenvalue weighted by Gasteiger charge is -2.07. The average molecular weight is 310 g/mol. The second-order valence-corrected chi connectivity index (χ2v) is 6.19. The second kappa shape index (κ2) is 6.23. The number of anilines is 2. The van der Waals surface area contributed by atoms with Crippen LogP contribution in [0.4, 0.5) is 11.6 Å². The van der Waals surface area contributed by atoms with Gasteiger partial charge in [0, 0.05) is 17.3 Å². The number of nitrogens with zero attached hydrogens (tertiary/aromatic N) is 3. The molecule has 2 heterocycles. The molecule has 2 aromatic heterocycles. The van der Waals surface area contributed by atoms with Crippen molar-refractivity contribution in [3.8, 4) is 11.4 Å². The lowest BCUT2D eigenvalue weighted by Crippen LogP contribution is -1.98. The molecule has 112 valence electrons. The van der Waals surface area contributed by atoms with Crippen LogP contribution in [0, 0.1) is 13.8 Å². The summed E-state index contributed by atoms with van der Waals surface area (Å²) in [6, 6.07) is 8.20. The molecule has 4 nitrogen and oxygen atoms in total. The zero-order chi connectivity index (χ0) is 15.5. The highest BCUT2D eigenvalue weighted by Crippen LogP contribution is 2.22. The summed E-state index contributed by atoms with van der Waals surface area (Å²) in [5.41, 5.74) is 5.18. The van der Waals surface area contributed by atoms with Crippen LogP contribution in [-0.2, 0) is 6.42 Å². The number of aromatic nitrogens is 3. The maximum Gasteiger partial charge on any atom is 0.227 e. The van der Waals surface area contributed by atoms with E-state index in [1.165, 1.54) is 11.1 Å². The topological polar surface area (TPSA) is 50.7 Å². The van der Waals surface area contributed by atoms with Crippen LogP contribution < -0.4 is 5.32 Å². The van der Waals surface area contributed by atoms with Crippen molar-refractivity contribution in [2.24, 2.45) is 0 Å². The van der Waals surface area contributed by atoms with Gasteiger partial charge in [-0.15, -0.1) is 11.3 Å². The van der Waals surface area contributed by atoms with Gasteiger partial charge in [-0.1, -0.05) is 13.0 Å². The lowest BCUT2D eigenvalue weighted by molar-refractivity contribution is 1.08. The molecule has 1 N–H and O–H groups in total. The highest BCUT2D eigenvalue weighted by molar-refractivity contribution is 7.09. The van der Waals surface area contributed by atoms with Gasteiger partial charge in [-0.3, -0.25) is 0 Å². The van der Waals surface area contributed by atoms with Gasteiger partial charge in [0.05, 0.1) is 10.7 Å². The third kappa shape index (κ3) is 3.31. The molecule has 5 heteroatoms. The van der Waals surface area contributed by atoms with Gasteiger partial charge in [0.1, 0.15) is 5.69 Å². The first-order valence-corrected chi connectivity index (χ1v) is 8.15. The normalized spacial score (nSPS) is 10.7. The Labute approximate surface area is 134 Å². The van der Waals surface area contributed by atoms with Crippen LogP contribution in [0.1, 0.15) is 23.1 Å². The third-order valence-corrected chi connectivity index (χ3v) is 4.24. The lowest BCUT2D eigenvalue weighted by atomic mass is 10.1. The first kappa shape index (κ1) is 14.7. The van der Waals surface area contributed by atoms with Crippen molar-refractivity contribution < 1.29 is 0 Å². The van der Waals surface area contributed by atoms with Crippen molar-refractivity contribution in [1.82, 2.24) is 15.0 Å². The number of thiazole rings is 1. The molecule has 0 fully saturated rings. The predicted octanol–water partition coefficient (Wildman–Crippen LogP) is 4.52. The Morgan fingerprint density at radius 1 is 1.05 bits per heavy atom. The molecule has 0 aliphatic rings. The molecular weight excluding hydrogens is 292 g/mol. The van der Waals surface area contributed by atoms with Crippen LogP contribution in [0.2, 0.25) is 0 Å². The number of nitrogens with one attached hydrogen (secondary N) is 1. The maximum absolute atomic E-state index is 4.58. The summed E-state index contributed by atoms with van der Waals surface area (Å²) >= 11 is 1.67. The average Bonchev–Trinajstić information content (AvgIpc) is 2.95. The highest BCUT2D eigenvalue weighted by atomic mass is 32.1.